The molecule has 0 amide bonds. The summed E-state index contributed by atoms with van der Waals surface area (Å²) in [5, 5.41) is 24.5. The Bertz CT molecular complexity index is 173. The summed E-state index contributed by atoms with van der Waals surface area (Å²) in [6.07, 6.45) is 1.11. The van der Waals surface area contributed by atoms with E-state index in [2.05, 4.69) is 19.1 Å². The second-order valence-electron chi connectivity index (χ2n) is 3.65. The summed E-state index contributed by atoms with van der Waals surface area (Å²) in [7, 11) is 0. The van der Waals surface area contributed by atoms with Crippen molar-refractivity contribution < 1.29 is 4.97 Å². The molecular weight excluding hydrogens is 158 g/mol. The van der Waals surface area contributed by atoms with Crippen molar-refractivity contribution in [3.8, 4) is 0 Å². The van der Waals surface area contributed by atoms with Crippen LogP contribution in [0.25, 0.3) is 0 Å². The zero-order valence-corrected chi connectivity index (χ0v) is 7.43. The monoisotopic (exact) mass is 172 g/mol. The Labute approximate surface area is 71.8 Å². The van der Waals surface area contributed by atoms with Crippen molar-refractivity contribution >= 4 is 0 Å². The standard InChI is InChI=1S/C7H15N3O2/c1-6-3-7(2)5-9(4-6)10(12)8-11/h6-7,11H,3-5H2,1-2H3/p-1/b10-8-. The van der Waals surface area contributed by atoms with Gasteiger partial charge in [-0.25, -0.2) is 0 Å². The van der Waals surface area contributed by atoms with Gasteiger partial charge in [-0.1, -0.05) is 13.8 Å². The quantitative estimate of drug-likeness (QED) is 0.340. The molecule has 0 N–H and O–H groups in total. The lowest BCUT2D eigenvalue weighted by Gasteiger charge is -2.31. The molecule has 2 unspecified atom stereocenters. The van der Waals surface area contributed by atoms with Crippen molar-refractivity contribution in [2.45, 2.75) is 20.3 Å². The van der Waals surface area contributed by atoms with Gasteiger partial charge in [-0.2, -0.15) is 0 Å². The molecule has 0 spiro atoms. The average molecular weight is 172 g/mol. The van der Waals surface area contributed by atoms with Gasteiger partial charge in [0.2, 0.25) is 0 Å². The van der Waals surface area contributed by atoms with E-state index in [1.807, 2.05) is 0 Å². The van der Waals surface area contributed by atoms with E-state index in [1.54, 1.807) is 0 Å². The van der Waals surface area contributed by atoms with E-state index in [4.69, 9.17) is 0 Å². The normalized spacial score (nSPS) is 32.2. The van der Waals surface area contributed by atoms with Crippen LogP contribution in [0.2, 0.25) is 0 Å². The molecule has 0 aromatic heterocycles. The molecule has 0 aromatic rings. The van der Waals surface area contributed by atoms with Gasteiger partial charge >= 0.3 is 0 Å². The third-order valence-corrected chi connectivity index (χ3v) is 2.16. The summed E-state index contributed by atoms with van der Waals surface area (Å²) in [6, 6.07) is 0. The molecule has 1 aliphatic rings. The van der Waals surface area contributed by atoms with Crippen LogP contribution in [0.15, 0.2) is 5.28 Å². The number of piperidine rings is 1. The summed E-state index contributed by atoms with van der Waals surface area (Å²) >= 11 is 0. The molecule has 0 aliphatic carbocycles. The Morgan fingerprint density at radius 1 is 1.33 bits per heavy atom. The number of hydrogen-bond donors (Lipinski definition) is 0. The number of hydrogen-bond acceptors (Lipinski definition) is 3. The van der Waals surface area contributed by atoms with Gasteiger partial charge in [0.1, 0.15) is 0 Å². The lowest BCUT2D eigenvalue weighted by atomic mass is 9.93. The zero-order valence-electron chi connectivity index (χ0n) is 7.43. The summed E-state index contributed by atoms with van der Waals surface area (Å²) in [4.78, 5) is 0.159. The fourth-order valence-corrected chi connectivity index (χ4v) is 1.82. The lowest BCUT2D eigenvalue weighted by Crippen LogP contribution is -2.42. The van der Waals surface area contributed by atoms with Gasteiger partial charge in [0.25, 0.3) is 0 Å². The Kier molecular flexibility index (Phi) is 2.73. The molecule has 1 saturated heterocycles. The van der Waals surface area contributed by atoms with E-state index in [0.717, 1.165) is 6.42 Å². The highest BCUT2D eigenvalue weighted by atomic mass is 16.6. The van der Waals surface area contributed by atoms with Crippen molar-refractivity contribution in [1.29, 1.82) is 0 Å². The first kappa shape index (κ1) is 9.09. The van der Waals surface area contributed by atoms with E-state index < -0.39 is 0 Å². The topological polar surface area (TPSA) is 64.7 Å². The molecule has 0 bridgehead atoms. The van der Waals surface area contributed by atoms with Gasteiger partial charge in [0, 0.05) is 4.97 Å². The molecule has 0 aromatic carbocycles. The van der Waals surface area contributed by atoms with E-state index in [0.29, 0.717) is 24.9 Å². The summed E-state index contributed by atoms with van der Waals surface area (Å²) in [6.45, 7) is 5.42. The predicted molar refractivity (Wildman–Crippen MR) is 43.9 cm³/mol. The third-order valence-electron chi connectivity index (χ3n) is 2.16. The molecule has 5 heteroatoms. The smallest absolute Gasteiger partial charge is 0.0793 e. The number of rotatable bonds is 1. The molecule has 12 heavy (non-hydrogen) atoms. The minimum absolute atomic E-state index is 0.159. The molecule has 70 valence electrons. The SMILES string of the molecule is CC1CC(C)CN(/[N+]([O-])=N/[O-])C1. The Balaban J connectivity index is 2.55. The lowest BCUT2D eigenvalue weighted by molar-refractivity contribution is -0.695. The molecule has 1 rings (SSSR count). The van der Waals surface area contributed by atoms with E-state index in [1.165, 1.54) is 5.01 Å². The average Bonchev–Trinajstić information content (AvgIpc) is 2.01. The maximum Gasteiger partial charge on any atom is 0.0793 e. The van der Waals surface area contributed by atoms with Crippen molar-refractivity contribution in [3.05, 3.63) is 10.4 Å². The Hall–Kier alpha value is -1.00. The first-order valence-electron chi connectivity index (χ1n) is 4.19. The van der Waals surface area contributed by atoms with Crippen LogP contribution in [-0.4, -0.2) is 23.1 Å². The Morgan fingerprint density at radius 2 is 1.83 bits per heavy atom. The van der Waals surface area contributed by atoms with Crippen LogP contribution >= 0.6 is 0 Å². The van der Waals surface area contributed by atoms with Crippen LogP contribution < -0.4 is 0 Å². The molecule has 0 radical (unpaired) electrons. The van der Waals surface area contributed by atoms with Crippen LogP contribution in [0.4, 0.5) is 0 Å². The van der Waals surface area contributed by atoms with Crippen LogP contribution in [0.1, 0.15) is 20.3 Å². The number of hydrazine groups is 1. The van der Waals surface area contributed by atoms with Crippen LogP contribution in [0, 0.1) is 22.3 Å². The molecule has 1 aliphatic heterocycles. The van der Waals surface area contributed by atoms with E-state index in [9.17, 15) is 10.4 Å². The van der Waals surface area contributed by atoms with Gasteiger partial charge in [-0.3, -0.25) is 0 Å². The van der Waals surface area contributed by atoms with Gasteiger partial charge in [-0.05, 0) is 23.5 Å². The van der Waals surface area contributed by atoms with Gasteiger partial charge in [0.05, 0.1) is 13.1 Å². The molecule has 0 saturated carbocycles. The summed E-state index contributed by atoms with van der Waals surface area (Å²) in [5.41, 5.74) is 0. The number of nitrogens with zero attached hydrogens (tertiary/aromatic N) is 3. The van der Waals surface area contributed by atoms with Crippen molar-refractivity contribution in [3.63, 3.8) is 0 Å². The van der Waals surface area contributed by atoms with Crippen molar-refractivity contribution in [2.75, 3.05) is 13.1 Å². The highest BCUT2D eigenvalue weighted by molar-refractivity contribution is 4.69. The predicted octanol–water partition coefficient (Wildman–Crippen LogP) is 1.34. The van der Waals surface area contributed by atoms with Gasteiger partial charge in [-0.15, -0.1) is 5.01 Å². The summed E-state index contributed by atoms with van der Waals surface area (Å²) < 4.78 is 0. The van der Waals surface area contributed by atoms with E-state index >= 15 is 0 Å². The van der Waals surface area contributed by atoms with Gasteiger partial charge in [0.15, 0.2) is 0 Å². The van der Waals surface area contributed by atoms with Crippen molar-refractivity contribution in [2.24, 2.45) is 17.1 Å². The summed E-state index contributed by atoms with van der Waals surface area (Å²) in [5.74, 6) is 0.930. The maximum absolute atomic E-state index is 10.8. The van der Waals surface area contributed by atoms with Gasteiger partial charge < -0.3 is 10.4 Å². The largest absolute Gasteiger partial charge is 0.737 e. The van der Waals surface area contributed by atoms with Crippen LogP contribution in [0.3, 0.4) is 0 Å². The van der Waals surface area contributed by atoms with Crippen LogP contribution in [-0.2, 0) is 0 Å². The first-order chi connectivity index (χ1) is 5.63. The van der Waals surface area contributed by atoms with Crippen LogP contribution in [0.5, 0.6) is 0 Å². The third kappa shape index (κ3) is 1.99. The molecular formula is C7H14N3O2-. The Morgan fingerprint density at radius 3 is 2.25 bits per heavy atom. The highest BCUT2D eigenvalue weighted by Crippen LogP contribution is 2.20. The van der Waals surface area contributed by atoms with E-state index in [-0.39, 0.29) is 4.97 Å². The fourth-order valence-electron chi connectivity index (χ4n) is 1.82. The minimum Gasteiger partial charge on any atom is -0.737 e. The van der Waals surface area contributed by atoms with Crippen molar-refractivity contribution in [1.82, 2.24) is 5.01 Å². The second-order valence-corrected chi connectivity index (χ2v) is 3.65. The maximum atomic E-state index is 10.8. The molecule has 1 heterocycles. The molecule has 1 fully saturated rings. The highest BCUT2D eigenvalue weighted by Gasteiger charge is 2.25. The minimum atomic E-state index is 0.159. The fraction of sp³-hybridized carbons (Fsp3) is 1.00. The molecule has 5 nitrogen and oxygen atoms in total. The zero-order chi connectivity index (χ0) is 9.14. The molecule has 2 atom stereocenters. The first-order valence-corrected chi connectivity index (χ1v) is 4.19. The second kappa shape index (κ2) is 3.60.